The lowest BCUT2D eigenvalue weighted by Crippen LogP contribution is -2.52. The lowest BCUT2D eigenvalue weighted by atomic mass is 9.65. The number of likely N-dealkylation sites (N-methyl/N-ethyl adjacent to an activating group) is 1. The average molecular weight is 456 g/mol. The molecule has 4 rings (SSSR count). The van der Waals surface area contributed by atoms with Gasteiger partial charge < -0.3 is 25.0 Å². The molecule has 0 aromatic heterocycles. The van der Waals surface area contributed by atoms with Crippen LogP contribution in [0.3, 0.4) is 0 Å². The van der Waals surface area contributed by atoms with Crippen LogP contribution in [-0.2, 0) is 5.41 Å². The van der Waals surface area contributed by atoms with Gasteiger partial charge in [-0.2, -0.15) is 0 Å². The van der Waals surface area contributed by atoms with Gasteiger partial charge in [-0.3, -0.25) is 0 Å². The summed E-state index contributed by atoms with van der Waals surface area (Å²) in [6.45, 7) is 1.06. The standard InChI is InChI=1S/C25H33N3O3S/c1-28-14-13-25(17-5-10-21(30-2)22(15-17)31-3)12-11-19(16-23(25)28)27-24(29)26-18-6-8-20(32-4)9-7-18/h5-10,15,19,23H,11-14,16H2,1-4H3,(H2,26,27,29)/t19-,23+,25+/m1/s1. The molecular formula is C25H33N3O3S. The molecular weight excluding hydrogens is 422 g/mol. The minimum Gasteiger partial charge on any atom is -0.493 e. The van der Waals surface area contributed by atoms with Crippen LogP contribution >= 0.6 is 11.8 Å². The van der Waals surface area contributed by atoms with Crippen molar-refractivity contribution < 1.29 is 14.3 Å². The molecule has 0 radical (unpaired) electrons. The van der Waals surface area contributed by atoms with Gasteiger partial charge in [0.25, 0.3) is 0 Å². The number of methoxy groups -OCH3 is 2. The highest BCUT2D eigenvalue weighted by Crippen LogP contribution is 2.49. The number of thioether (sulfide) groups is 1. The number of likely N-dealkylation sites (tertiary alicyclic amines) is 1. The van der Waals surface area contributed by atoms with Crippen molar-refractivity contribution in [1.29, 1.82) is 0 Å². The van der Waals surface area contributed by atoms with E-state index in [1.807, 2.05) is 36.6 Å². The predicted octanol–water partition coefficient (Wildman–Crippen LogP) is 4.74. The molecule has 2 amide bonds. The number of carbonyl (C=O) groups excluding carboxylic acids is 1. The lowest BCUT2D eigenvalue weighted by molar-refractivity contribution is 0.156. The normalized spacial score (nSPS) is 25.1. The predicted molar refractivity (Wildman–Crippen MR) is 130 cm³/mol. The molecule has 32 heavy (non-hydrogen) atoms. The third-order valence-electron chi connectivity index (χ3n) is 7.17. The van der Waals surface area contributed by atoms with E-state index < -0.39 is 0 Å². The fourth-order valence-corrected chi connectivity index (χ4v) is 5.83. The fraction of sp³-hybridized carbons (Fsp3) is 0.480. The summed E-state index contributed by atoms with van der Waals surface area (Å²) in [6, 6.07) is 14.7. The summed E-state index contributed by atoms with van der Waals surface area (Å²) in [4.78, 5) is 16.3. The Bertz CT molecular complexity index is 952. The Balaban J connectivity index is 1.45. The molecule has 2 N–H and O–H groups in total. The minimum atomic E-state index is -0.133. The summed E-state index contributed by atoms with van der Waals surface area (Å²) in [5, 5.41) is 6.19. The minimum absolute atomic E-state index is 0.0800. The zero-order valence-electron chi connectivity index (χ0n) is 19.3. The Morgan fingerprint density at radius 1 is 1.09 bits per heavy atom. The summed E-state index contributed by atoms with van der Waals surface area (Å²) >= 11 is 1.69. The molecule has 2 aromatic carbocycles. The number of nitrogens with zero attached hydrogens (tertiary/aromatic N) is 1. The molecule has 3 atom stereocenters. The second-order valence-electron chi connectivity index (χ2n) is 8.77. The number of carbonyl (C=O) groups is 1. The summed E-state index contributed by atoms with van der Waals surface area (Å²) in [5.41, 5.74) is 2.20. The first-order chi connectivity index (χ1) is 15.5. The van der Waals surface area contributed by atoms with E-state index in [0.29, 0.717) is 6.04 Å². The largest absolute Gasteiger partial charge is 0.493 e. The smallest absolute Gasteiger partial charge is 0.319 e. The van der Waals surface area contributed by atoms with Crippen LogP contribution in [0.15, 0.2) is 47.4 Å². The van der Waals surface area contributed by atoms with Gasteiger partial charge in [-0.15, -0.1) is 11.8 Å². The van der Waals surface area contributed by atoms with Gasteiger partial charge in [-0.1, -0.05) is 6.07 Å². The molecule has 172 valence electrons. The number of ether oxygens (including phenoxy) is 2. The number of amides is 2. The Kier molecular flexibility index (Phi) is 6.86. The Morgan fingerprint density at radius 3 is 2.53 bits per heavy atom. The Hall–Kier alpha value is -2.38. The molecule has 0 bridgehead atoms. The SMILES string of the molecule is COc1ccc([C@@]23CC[C@@H](NC(=O)Nc4ccc(SC)cc4)C[C@@H]2N(C)CC3)cc1OC. The maximum atomic E-state index is 12.6. The van der Waals surface area contributed by atoms with Gasteiger partial charge in [0.1, 0.15) is 0 Å². The molecule has 1 saturated carbocycles. The number of nitrogens with one attached hydrogen (secondary N) is 2. The molecule has 0 unspecified atom stereocenters. The number of fused-ring (bicyclic) bond motifs is 1. The number of urea groups is 1. The van der Waals surface area contributed by atoms with Crippen LogP contribution in [0, 0.1) is 0 Å². The molecule has 6 nitrogen and oxygen atoms in total. The van der Waals surface area contributed by atoms with E-state index in [0.717, 1.165) is 49.4 Å². The van der Waals surface area contributed by atoms with E-state index in [2.05, 4.69) is 34.7 Å². The van der Waals surface area contributed by atoms with E-state index in [-0.39, 0.29) is 17.5 Å². The summed E-state index contributed by atoms with van der Waals surface area (Å²) < 4.78 is 11.0. The number of hydrogen-bond donors (Lipinski definition) is 2. The van der Waals surface area contributed by atoms with Crippen molar-refractivity contribution >= 4 is 23.5 Å². The monoisotopic (exact) mass is 455 g/mol. The van der Waals surface area contributed by atoms with E-state index in [4.69, 9.17) is 9.47 Å². The fourth-order valence-electron chi connectivity index (χ4n) is 5.42. The first kappa shape index (κ1) is 22.8. The van der Waals surface area contributed by atoms with Crippen molar-refractivity contribution in [1.82, 2.24) is 10.2 Å². The Morgan fingerprint density at radius 2 is 1.84 bits per heavy atom. The maximum Gasteiger partial charge on any atom is 0.319 e. The first-order valence-electron chi connectivity index (χ1n) is 11.1. The lowest BCUT2D eigenvalue weighted by Gasteiger charge is -2.45. The van der Waals surface area contributed by atoms with Crippen LogP contribution in [0.25, 0.3) is 0 Å². The highest BCUT2D eigenvalue weighted by molar-refractivity contribution is 7.98. The van der Waals surface area contributed by atoms with Crippen molar-refractivity contribution in [2.45, 2.75) is 48.1 Å². The zero-order chi connectivity index (χ0) is 22.7. The van der Waals surface area contributed by atoms with Gasteiger partial charge in [-0.25, -0.2) is 4.79 Å². The molecule has 2 aliphatic rings. The number of rotatable bonds is 6. The maximum absolute atomic E-state index is 12.6. The van der Waals surface area contributed by atoms with E-state index >= 15 is 0 Å². The van der Waals surface area contributed by atoms with Gasteiger partial charge >= 0.3 is 6.03 Å². The van der Waals surface area contributed by atoms with Crippen LogP contribution in [0.4, 0.5) is 10.5 Å². The zero-order valence-corrected chi connectivity index (χ0v) is 20.1. The van der Waals surface area contributed by atoms with Gasteiger partial charge in [0, 0.05) is 28.1 Å². The molecule has 0 spiro atoms. The summed E-state index contributed by atoms with van der Waals surface area (Å²) in [7, 11) is 5.55. The van der Waals surface area contributed by atoms with E-state index in [1.54, 1.807) is 26.0 Å². The first-order valence-corrected chi connectivity index (χ1v) is 12.4. The summed E-state index contributed by atoms with van der Waals surface area (Å²) in [6.07, 6.45) is 6.08. The van der Waals surface area contributed by atoms with Gasteiger partial charge in [0.2, 0.25) is 0 Å². The molecule has 1 heterocycles. The topological polar surface area (TPSA) is 62.8 Å². The number of anilines is 1. The second-order valence-corrected chi connectivity index (χ2v) is 9.65. The quantitative estimate of drug-likeness (QED) is 0.616. The van der Waals surface area contributed by atoms with Crippen LogP contribution in [0.5, 0.6) is 11.5 Å². The van der Waals surface area contributed by atoms with Crippen molar-refractivity contribution in [3.8, 4) is 11.5 Å². The van der Waals surface area contributed by atoms with Crippen molar-refractivity contribution in [3.05, 3.63) is 48.0 Å². The summed E-state index contributed by atoms with van der Waals surface area (Å²) in [5.74, 6) is 1.54. The number of hydrogen-bond acceptors (Lipinski definition) is 5. The number of benzene rings is 2. The molecule has 2 fully saturated rings. The van der Waals surface area contributed by atoms with Crippen molar-refractivity contribution in [2.24, 2.45) is 0 Å². The van der Waals surface area contributed by atoms with E-state index in [1.165, 1.54) is 10.5 Å². The molecule has 1 saturated heterocycles. The molecule has 7 heteroatoms. The highest BCUT2D eigenvalue weighted by atomic mass is 32.2. The van der Waals surface area contributed by atoms with Crippen LogP contribution in [0.1, 0.15) is 31.2 Å². The van der Waals surface area contributed by atoms with E-state index in [9.17, 15) is 4.79 Å². The van der Waals surface area contributed by atoms with Gasteiger partial charge in [0.15, 0.2) is 11.5 Å². The van der Waals surface area contributed by atoms with Crippen LogP contribution in [-0.4, -0.2) is 57.1 Å². The third-order valence-corrected chi connectivity index (χ3v) is 7.91. The molecule has 2 aromatic rings. The van der Waals surface area contributed by atoms with Gasteiger partial charge in [-0.05, 0) is 87.5 Å². The Labute approximate surface area is 195 Å². The van der Waals surface area contributed by atoms with Crippen molar-refractivity contribution in [2.75, 3.05) is 39.4 Å². The molecule has 1 aliphatic carbocycles. The second kappa shape index (κ2) is 9.63. The van der Waals surface area contributed by atoms with Crippen LogP contribution in [0.2, 0.25) is 0 Å². The van der Waals surface area contributed by atoms with Crippen molar-refractivity contribution in [3.63, 3.8) is 0 Å². The molecule has 1 aliphatic heterocycles. The van der Waals surface area contributed by atoms with Crippen LogP contribution < -0.4 is 20.1 Å². The third kappa shape index (κ3) is 4.41. The average Bonchev–Trinajstić information content (AvgIpc) is 3.16. The van der Waals surface area contributed by atoms with Gasteiger partial charge in [0.05, 0.1) is 14.2 Å². The highest BCUT2D eigenvalue weighted by Gasteiger charge is 2.50.